The summed E-state index contributed by atoms with van der Waals surface area (Å²) in [7, 11) is 0. The van der Waals surface area contributed by atoms with Gasteiger partial charge in [0.05, 0.1) is 9.85 Å². The molecule has 9 heteroatoms. The first kappa shape index (κ1) is 16.0. The van der Waals surface area contributed by atoms with Crippen molar-refractivity contribution in [1.29, 1.82) is 0 Å². The molecular weight excluding hydrogens is 328 g/mol. The van der Waals surface area contributed by atoms with Gasteiger partial charge in [0.1, 0.15) is 11.5 Å². The van der Waals surface area contributed by atoms with Crippen molar-refractivity contribution in [1.82, 2.24) is 5.32 Å². The summed E-state index contributed by atoms with van der Waals surface area (Å²) in [4.78, 5) is 36.6. The van der Waals surface area contributed by atoms with Gasteiger partial charge in [0, 0.05) is 29.8 Å². The number of non-ortho nitro benzene ring substituents is 2. The van der Waals surface area contributed by atoms with Crippen LogP contribution in [0.1, 0.15) is 11.1 Å². The molecule has 0 aromatic heterocycles. The van der Waals surface area contributed by atoms with E-state index in [-0.39, 0.29) is 22.9 Å². The third kappa shape index (κ3) is 3.39. The fourth-order valence-electron chi connectivity index (χ4n) is 2.23. The Balaban J connectivity index is 1.90. The molecule has 0 spiro atoms. The van der Waals surface area contributed by atoms with Crippen molar-refractivity contribution in [3.8, 4) is 0 Å². The molecule has 1 N–H and O–H groups in total. The van der Waals surface area contributed by atoms with Crippen molar-refractivity contribution in [3.05, 3.63) is 85.6 Å². The zero-order chi connectivity index (χ0) is 18.0. The molecule has 0 unspecified atom stereocenters. The van der Waals surface area contributed by atoms with E-state index < -0.39 is 15.8 Å². The summed E-state index contributed by atoms with van der Waals surface area (Å²) in [5, 5.41) is 24.0. The summed E-state index contributed by atoms with van der Waals surface area (Å²) in [5.74, 6) is -0.198. The second-order valence-corrected chi connectivity index (χ2v) is 5.10. The molecule has 25 heavy (non-hydrogen) atoms. The molecule has 0 bridgehead atoms. The van der Waals surface area contributed by atoms with E-state index >= 15 is 0 Å². The van der Waals surface area contributed by atoms with E-state index in [1.807, 2.05) is 0 Å². The Morgan fingerprint density at radius 1 is 0.960 bits per heavy atom. The maximum Gasteiger partial charge on any atom is 0.275 e. The molecule has 1 heterocycles. The number of amides is 1. The number of nitrogens with zero attached hydrogens (tertiary/aromatic N) is 3. The van der Waals surface area contributed by atoms with Gasteiger partial charge in [-0.25, -0.2) is 4.99 Å². The lowest BCUT2D eigenvalue weighted by atomic mass is 10.1. The molecule has 0 saturated carbocycles. The fourth-order valence-corrected chi connectivity index (χ4v) is 2.23. The Morgan fingerprint density at radius 2 is 1.64 bits per heavy atom. The van der Waals surface area contributed by atoms with Crippen molar-refractivity contribution < 1.29 is 14.6 Å². The van der Waals surface area contributed by atoms with E-state index in [0.717, 1.165) is 0 Å². The normalized spacial score (nSPS) is 15.0. The van der Waals surface area contributed by atoms with Crippen LogP contribution in [0.4, 0.5) is 11.4 Å². The van der Waals surface area contributed by atoms with Crippen molar-refractivity contribution in [2.75, 3.05) is 0 Å². The minimum Gasteiger partial charge on any atom is -0.305 e. The van der Waals surface area contributed by atoms with Crippen molar-refractivity contribution >= 4 is 29.2 Å². The maximum atomic E-state index is 12.0. The number of aliphatic imine (C=N–C) groups is 1. The monoisotopic (exact) mass is 338 g/mol. The van der Waals surface area contributed by atoms with E-state index in [1.165, 1.54) is 48.5 Å². The predicted molar refractivity (Wildman–Crippen MR) is 88.8 cm³/mol. The minimum absolute atomic E-state index is 0.0685. The van der Waals surface area contributed by atoms with E-state index in [1.54, 1.807) is 6.07 Å². The number of carbonyl (C=O) groups is 1. The van der Waals surface area contributed by atoms with Crippen molar-refractivity contribution in [3.63, 3.8) is 0 Å². The highest BCUT2D eigenvalue weighted by Gasteiger charge is 2.21. The Morgan fingerprint density at radius 3 is 2.28 bits per heavy atom. The summed E-state index contributed by atoms with van der Waals surface area (Å²) in [5.41, 5.74) is 0.914. The van der Waals surface area contributed by atoms with Crippen LogP contribution in [0.3, 0.4) is 0 Å². The first-order valence-electron chi connectivity index (χ1n) is 7.05. The van der Waals surface area contributed by atoms with Crippen LogP contribution < -0.4 is 5.32 Å². The number of nitro benzene ring substituents is 2. The van der Waals surface area contributed by atoms with Crippen LogP contribution >= 0.6 is 0 Å². The summed E-state index contributed by atoms with van der Waals surface area (Å²) in [6.45, 7) is 0. The second kappa shape index (κ2) is 6.32. The molecule has 2 aromatic rings. The lowest BCUT2D eigenvalue weighted by Crippen LogP contribution is -2.24. The quantitative estimate of drug-likeness (QED) is 0.520. The second-order valence-electron chi connectivity index (χ2n) is 5.10. The molecule has 0 atom stereocenters. The summed E-state index contributed by atoms with van der Waals surface area (Å²) < 4.78 is 0. The number of benzene rings is 2. The fraction of sp³-hybridized carbons (Fsp3) is 0. The number of amidine groups is 1. The lowest BCUT2D eigenvalue weighted by Gasteiger charge is -1.99. The maximum absolute atomic E-state index is 12.0. The van der Waals surface area contributed by atoms with Gasteiger partial charge in [0.15, 0.2) is 0 Å². The topological polar surface area (TPSA) is 128 Å². The third-order valence-electron chi connectivity index (χ3n) is 3.43. The van der Waals surface area contributed by atoms with Gasteiger partial charge in [-0.1, -0.05) is 12.1 Å². The largest absolute Gasteiger partial charge is 0.305 e. The molecule has 1 aliphatic heterocycles. The van der Waals surface area contributed by atoms with E-state index in [2.05, 4.69) is 10.3 Å². The highest BCUT2D eigenvalue weighted by atomic mass is 16.6. The minimum atomic E-state index is -0.525. The van der Waals surface area contributed by atoms with E-state index in [4.69, 9.17) is 0 Å². The lowest BCUT2D eigenvalue weighted by molar-refractivity contribution is -0.385. The molecule has 124 valence electrons. The molecular formula is C16H10N4O5. The molecule has 0 saturated heterocycles. The molecule has 0 fully saturated rings. The molecule has 0 aliphatic carbocycles. The van der Waals surface area contributed by atoms with Gasteiger partial charge in [-0.15, -0.1) is 0 Å². The zero-order valence-electron chi connectivity index (χ0n) is 12.6. The van der Waals surface area contributed by atoms with Crippen molar-refractivity contribution in [2.45, 2.75) is 0 Å². The molecule has 0 radical (unpaired) electrons. The summed E-state index contributed by atoms with van der Waals surface area (Å²) >= 11 is 0. The van der Waals surface area contributed by atoms with Gasteiger partial charge >= 0.3 is 0 Å². The standard InChI is InChI=1S/C16H10N4O5/c21-16-14(9-10-2-1-3-13(8-10)20(24)25)17-15(18-16)11-4-6-12(7-5-11)19(22)23/h1-9H,(H,17,18,21)/b14-9-. The third-order valence-corrected chi connectivity index (χ3v) is 3.43. The Bertz CT molecular complexity index is 947. The Labute approximate surface area is 140 Å². The van der Waals surface area contributed by atoms with Gasteiger partial charge in [0.2, 0.25) is 0 Å². The van der Waals surface area contributed by atoms with Gasteiger partial charge in [0.25, 0.3) is 17.3 Å². The Kier molecular flexibility index (Phi) is 4.04. The van der Waals surface area contributed by atoms with Crippen LogP contribution in [0.25, 0.3) is 6.08 Å². The number of nitro groups is 2. The molecule has 1 aliphatic rings. The van der Waals surface area contributed by atoms with Gasteiger partial charge in [-0.2, -0.15) is 0 Å². The molecule has 2 aromatic carbocycles. The van der Waals surface area contributed by atoms with Crippen LogP contribution in [0.15, 0.2) is 59.2 Å². The number of hydrogen-bond acceptors (Lipinski definition) is 6. The van der Waals surface area contributed by atoms with E-state index in [0.29, 0.717) is 11.1 Å². The molecule has 9 nitrogen and oxygen atoms in total. The summed E-state index contributed by atoms with van der Waals surface area (Å²) in [6.07, 6.45) is 1.43. The smallest absolute Gasteiger partial charge is 0.275 e. The number of nitrogens with one attached hydrogen (secondary N) is 1. The first-order chi connectivity index (χ1) is 11.9. The summed E-state index contributed by atoms with van der Waals surface area (Å²) in [6, 6.07) is 11.4. The van der Waals surface area contributed by atoms with Crippen LogP contribution in [0, 0.1) is 20.2 Å². The zero-order valence-corrected chi connectivity index (χ0v) is 12.6. The van der Waals surface area contributed by atoms with Crippen LogP contribution in [0.5, 0.6) is 0 Å². The molecule has 3 rings (SSSR count). The van der Waals surface area contributed by atoms with Crippen LogP contribution in [-0.4, -0.2) is 21.6 Å². The number of rotatable bonds is 4. The van der Waals surface area contributed by atoms with Crippen molar-refractivity contribution in [2.24, 2.45) is 4.99 Å². The van der Waals surface area contributed by atoms with Gasteiger partial charge in [-0.05, 0) is 23.8 Å². The number of carbonyl (C=O) groups excluding carboxylic acids is 1. The average molecular weight is 338 g/mol. The Hall–Kier alpha value is -3.88. The van der Waals surface area contributed by atoms with Crippen LogP contribution in [-0.2, 0) is 4.79 Å². The molecule has 1 amide bonds. The average Bonchev–Trinajstić information content (AvgIpc) is 2.96. The highest BCUT2D eigenvalue weighted by molar-refractivity contribution is 6.19. The number of hydrogen-bond donors (Lipinski definition) is 1. The first-order valence-corrected chi connectivity index (χ1v) is 7.05. The SMILES string of the molecule is O=C1NC(c2ccc([N+](=O)[O-])cc2)=N/C1=C\c1cccc([N+](=O)[O-])c1. The predicted octanol–water partition coefficient (Wildman–Crippen LogP) is 2.42. The highest BCUT2D eigenvalue weighted by Crippen LogP contribution is 2.19. The van der Waals surface area contributed by atoms with E-state index in [9.17, 15) is 25.0 Å². The van der Waals surface area contributed by atoms with Gasteiger partial charge in [-0.3, -0.25) is 25.0 Å². The van der Waals surface area contributed by atoms with Gasteiger partial charge < -0.3 is 5.32 Å². The van der Waals surface area contributed by atoms with Crippen LogP contribution in [0.2, 0.25) is 0 Å².